The van der Waals surface area contributed by atoms with Crippen LogP contribution >= 0.6 is 0 Å². The van der Waals surface area contributed by atoms with Crippen LogP contribution in [0, 0.1) is 11.3 Å². The van der Waals surface area contributed by atoms with Crippen molar-refractivity contribution in [3.8, 4) is 39.8 Å². The molecule has 6 aromatic rings. The number of hydrogen-bond donors (Lipinski definition) is 0. The minimum atomic E-state index is -0.537. The Morgan fingerprint density at radius 1 is 0.450 bits per heavy atom. The van der Waals surface area contributed by atoms with Crippen LogP contribution in [-0.4, -0.2) is 0 Å². The largest absolute Gasteiger partial charge is 0.457 e. The fourth-order valence-electron chi connectivity index (χ4n) is 6.00. The van der Waals surface area contributed by atoms with Gasteiger partial charge in [-0.15, -0.1) is 0 Å². The third kappa shape index (κ3) is 3.80. The van der Waals surface area contributed by atoms with Crippen LogP contribution in [-0.2, 0) is 5.41 Å². The van der Waals surface area contributed by atoms with Crippen LogP contribution in [0.15, 0.2) is 152 Å². The summed E-state index contributed by atoms with van der Waals surface area (Å²) in [5.41, 5.74) is 9.31. The van der Waals surface area contributed by atoms with E-state index < -0.39 is 5.41 Å². The van der Waals surface area contributed by atoms with Crippen molar-refractivity contribution in [1.29, 1.82) is 5.26 Å². The van der Waals surface area contributed by atoms with E-state index in [1.807, 2.05) is 36.4 Å². The van der Waals surface area contributed by atoms with Gasteiger partial charge < -0.3 is 4.74 Å². The molecular weight excluding hydrogens is 486 g/mol. The highest BCUT2D eigenvalue weighted by molar-refractivity contribution is 5.74. The summed E-state index contributed by atoms with van der Waals surface area (Å²) in [7, 11) is 0. The summed E-state index contributed by atoms with van der Waals surface area (Å²) < 4.78 is 6.44. The van der Waals surface area contributed by atoms with E-state index in [0.29, 0.717) is 5.56 Å². The minimum absolute atomic E-state index is 0.537. The Morgan fingerprint density at radius 2 is 0.950 bits per heavy atom. The average Bonchev–Trinajstić information content (AvgIpc) is 3.04. The quantitative estimate of drug-likeness (QED) is 0.236. The lowest BCUT2D eigenvalue weighted by Gasteiger charge is -2.41. The van der Waals surface area contributed by atoms with Crippen molar-refractivity contribution >= 4 is 0 Å². The molecule has 0 saturated heterocycles. The molecule has 0 spiro atoms. The van der Waals surface area contributed by atoms with Crippen LogP contribution < -0.4 is 4.74 Å². The normalized spacial score (nSPS) is 12.9. The summed E-state index contributed by atoms with van der Waals surface area (Å²) in [5, 5.41) is 9.12. The average molecular weight is 512 g/mol. The highest BCUT2D eigenvalue weighted by atomic mass is 16.5. The third-order valence-electron chi connectivity index (χ3n) is 7.87. The van der Waals surface area contributed by atoms with E-state index in [9.17, 15) is 0 Å². The number of nitrogens with zero attached hydrogens (tertiary/aromatic N) is 1. The molecule has 0 radical (unpaired) electrons. The Bertz CT molecular complexity index is 1820. The summed E-state index contributed by atoms with van der Waals surface area (Å²) in [6.07, 6.45) is 0. The molecule has 7 rings (SSSR count). The molecule has 0 unspecified atom stereocenters. The van der Waals surface area contributed by atoms with Crippen LogP contribution in [0.25, 0.3) is 22.3 Å². The van der Waals surface area contributed by atoms with Crippen molar-refractivity contribution in [2.45, 2.75) is 5.41 Å². The summed E-state index contributed by atoms with van der Waals surface area (Å²) in [6, 6.07) is 55.0. The molecule has 0 saturated carbocycles. The smallest absolute Gasteiger partial charge is 0.132 e. The molecule has 1 aliphatic heterocycles. The van der Waals surface area contributed by atoms with Gasteiger partial charge in [-0.25, -0.2) is 0 Å². The van der Waals surface area contributed by atoms with Gasteiger partial charge in [0, 0.05) is 11.1 Å². The summed E-state index contributed by atoms with van der Waals surface area (Å²) >= 11 is 0. The Kier molecular flexibility index (Phi) is 5.77. The molecular formula is C38H25NO. The molecule has 1 aliphatic rings. The minimum Gasteiger partial charge on any atom is -0.457 e. The second-order valence-corrected chi connectivity index (χ2v) is 10.1. The molecule has 0 bridgehead atoms. The van der Waals surface area contributed by atoms with E-state index in [2.05, 4.69) is 121 Å². The van der Waals surface area contributed by atoms with Crippen molar-refractivity contribution in [3.63, 3.8) is 0 Å². The zero-order valence-electron chi connectivity index (χ0n) is 21.8. The summed E-state index contributed by atoms with van der Waals surface area (Å²) in [6.45, 7) is 0. The van der Waals surface area contributed by atoms with Crippen LogP contribution in [0.1, 0.15) is 27.8 Å². The summed E-state index contributed by atoms with van der Waals surface area (Å²) in [5.74, 6) is 1.75. The van der Waals surface area contributed by atoms with Crippen molar-refractivity contribution in [3.05, 3.63) is 179 Å². The fourth-order valence-corrected chi connectivity index (χ4v) is 6.00. The fraction of sp³-hybridized carbons (Fsp3) is 0.0263. The van der Waals surface area contributed by atoms with E-state index in [4.69, 9.17) is 10.00 Å². The zero-order chi connectivity index (χ0) is 26.9. The van der Waals surface area contributed by atoms with Crippen LogP contribution in [0.5, 0.6) is 11.5 Å². The molecule has 0 N–H and O–H groups in total. The predicted molar refractivity (Wildman–Crippen MR) is 160 cm³/mol. The Morgan fingerprint density at radius 3 is 1.55 bits per heavy atom. The number of ether oxygens (including phenoxy) is 1. The van der Waals surface area contributed by atoms with Crippen molar-refractivity contribution < 1.29 is 4.74 Å². The number of para-hydroxylation sites is 2. The van der Waals surface area contributed by atoms with Gasteiger partial charge in [-0.1, -0.05) is 121 Å². The molecule has 0 aromatic heterocycles. The van der Waals surface area contributed by atoms with E-state index in [1.165, 1.54) is 11.1 Å². The lowest BCUT2D eigenvalue weighted by atomic mass is 9.63. The molecule has 2 nitrogen and oxygen atoms in total. The third-order valence-corrected chi connectivity index (χ3v) is 7.87. The maximum Gasteiger partial charge on any atom is 0.132 e. The van der Waals surface area contributed by atoms with E-state index in [1.54, 1.807) is 0 Å². The second-order valence-electron chi connectivity index (χ2n) is 10.1. The van der Waals surface area contributed by atoms with Crippen molar-refractivity contribution in [1.82, 2.24) is 0 Å². The zero-order valence-corrected chi connectivity index (χ0v) is 21.8. The van der Waals surface area contributed by atoms with Crippen LogP contribution in [0.3, 0.4) is 0 Å². The standard InChI is InChI=1S/C38H25NO/c39-26-27-17-19-28(20-18-27)29-21-23-30(24-22-29)31-9-8-12-33(25-31)38(32-10-2-1-3-11-32)34-13-4-6-15-36(34)40-37-16-7-5-14-35(37)38/h1-25H. The van der Waals surface area contributed by atoms with Gasteiger partial charge in [0.15, 0.2) is 0 Å². The highest BCUT2D eigenvalue weighted by Crippen LogP contribution is 2.55. The van der Waals surface area contributed by atoms with Gasteiger partial charge in [0.2, 0.25) is 0 Å². The Labute approximate surface area is 234 Å². The molecule has 2 heteroatoms. The van der Waals surface area contributed by atoms with Gasteiger partial charge in [-0.2, -0.15) is 5.26 Å². The van der Waals surface area contributed by atoms with Gasteiger partial charge in [0.1, 0.15) is 11.5 Å². The Balaban J connectivity index is 1.40. The molecule has 0 fully saturated rings. The summed E-state index contributed by atoms with van der Waals surface area (Å²) in [4.78, 5) is 0. The first kappa shape index (κ1) is 23.7. The number of benzene rings is 6. The second kappa shape index (κ2) is 9.73. The van der Waals surface area contributed by atoms with E-state index in [0.717, 1.165) is 44.9 Å². The van der Waals surface area contributed by atoms with Crippen LogP contribution in [0.2, 0.25) is 0 Å². The van der Waals surface area contributed by atoms with E-state index in [-0.39, 0.29) is 0 Å². The monoisotopic (exact) mass is 511 g/mol. The molecule has 40 heavy (non-hydrogen) atoms. The van der Waals surface area contributed by atoms with E-state index >= 15 is 0 Å². The van der Waals surface area contributed by atoms with Gasteiger partial charge in [-0.05, 0) is 63.7 Å². The molecule has 1 heterocycles. The SMILES string of the molecule is N#Cc1ccc(-c2ccc(-c3cccc(C4(c5ccccc5)c5ccccc5Oc5ccccc54)c3)cc2)cc1. The number of nitriles is 1. The predicted octanol–water partition coefficient (Wildman–Crippen LogP) is 9.38. The maximum atomic E-state index is 9.12. The topological polar surface area (TPSA) is 33.0 Å². The Hall–Kier alpha value is -5.39. The van der Waals surface area contributed by atoms with Gasteiger partial charge in [0.05, 0.1) is 17.0 Å². The first-order chi connectivity index (χ1) is 19.8. The van der Waals surface area contributed by atoms with Gasteiger partial charge >= 0.3 is 0 Å². The van der Waals surface area contributed by atoms with Gasteiger partial charge in [0.25, 0.3) is 0 Å². The highest BCUT2D eigenvalue weighted by Gasteiger charge is 2.45. The number of fused-ring (bicyclic) bond motifs is 2. The molecule has 0 amide bonds. The maximum absolute atomic E-state index is 9.12. The number of rotatable bonds is 4. The molecule has 188 valence electrons. The first-order valence-electron chi connectivity index (χ1n) is 13.4. The van der Waals surface area contributed by atoms with Crippen LogP contribution in [0.4, 0.5) is 0 Å². The van der Waals surface area contributed by atoms with Crippen molar-refractivity contribution in [2.24, 2.45) is 0 Å². The molecule has 6 aromatic carbocycles. The van der Waals surface area contributed by atoms with Gasteiger partial charge in [-0.3, -0.25) is 0 Å². The lowest BCUT2D eigenvalue weighted by Crippen LogP contribution is -2.34. The van der Waals surface area contributed by atoms with Crippen molar-refractivity contribution in [2.75, 3.05) is 0 Å². The molecule has 0 aliphatic carbocycles. The lowest BCUT2D eigenvalue weighted by molar-refractivity contribution is 0.434. The molecule has 0 atom stereocenters. The first-order valence-corrected chi connectivity index (χ1v) is 13.4. The number of hydrogen-bond acceptors (Lipinski definition) is 2.